The predicted octanol–water partition coefficient (Wildman–Crippen LogP) is 1.63. The van der Waals surface area contributed by atoms with Crippen LogP contribution in [0.1, 0.15) is 13.8 Å². The average molecular weight is 210 g/mol. The van der Waals surface area contributed by atoms with Gasteiger partial charge in [0, 0.05) is 6.08 Å². The van der Waals surface area contributed by atoms with Gasteiger partial charge in [0.2, 0.25) is 0 Å². The third-order valence-electron chi connectivity index (χ3n) is 1.15. The topological polar surface area (TPSA) is 43.4 Å². The largest absolute Gasteiger partial charge is 0.462 e. The highest BCUT2D eigenvalue weighted by atomic mass is 19.4. The van der Waals surface area contributed by atoms with Crippen molar-refractivity contribution in [3.63, 3.8) is 0 Å². The molecular weight excluding hydrogens is 201 g/mol. The predicted molar refractivity (Wildman–Crippen MR) is 41.5 cm³/mol. The molecule has 80 valence electrons. The maximum atomic E-state index is 12.1. The maximum Gasteiger partial charge on any atom is 0.423 e. The highest BCUT2D eigenvalue weighted by molar-refractivity contribution is 5.99. The maximum absolute atomic E-state index is 12.1. The van der Waals surface area contributed by atoms with Gasteiger partial charge >= 0.3 is 12.1 Å². The number of esters is 1. The van der Waals surface area contributed by atoms with E-state index in [0.29, 0.717) is 0 Å². The molecule has 0 bridgehead atoms. The molecule has 0 N–H and O–H groups in total. The molecule has 0 aromatic rings. The van der Waals surface area contributed by atoms with Crippen LogP contribution in [0.5, 0.6) is 0 Å². The highest BCUT2D eigenvalue weighted by Gasteiger charge is 2.39. The van der Waals surface area contributed by atoms with Gasteiger partial charge in [-0.3, -0.25) is 4.79 Å². The molecule has 0 aromatic heterocycles. The fraction of sp³-hybridized carbons (Fsp3) is 0.500. The third-order valence-corrected chi connectivity index (χ3v) is 1.15. The van der Waals surface area contributed by atoms with Gasteiger partial charge in [-0.1, -0.05) is 0 Å². The van der Waals surface area contributed by atoms with Crippen molar-refractivity contribution in [3.05, 3.63) is 11.6 Å². The average Bonchev–Trinajstić information content (AvgIpc) is 1.98. The molecular formula is C8H9F3O3. The Bertz CT molecular complexity index is 265. The summed E-state index contributed by atoms with van der Waals surface area (Å²) in [6, 6.07) is 0. The van der Waals surface area contributed by atoms with E-state index in [2.05, 4.69) is 4.74 Å². The van der Waals surface area contributed by atoms with Gasteiger partial charge in [0.15, 0.2) is 5.78 Å². The number of ether oxygens (including phenoxy) is 1. The molecule has 0 aromatic carbocycles. The first-order valence-corrected chi connectivity index (χ1v) is 3.75. The summed E-state index contributed by atoms with van der Waals surface area (Å²) >= 11 is 0. The van der Waals surface area contributed by atoms with E-state index in [-0.39, 0.29) is 12.7 Å². The van der Waals surface area contributed by atoms with Crippen molar-refractivity contribution in [2.45, 2.75) is 20.0 Å². The molecule has 0 aliphatic rings. The van der Waals surface area contributed by atoms with Crippen LogP contribution in [0.15, 0.2) is 11.6 Å². The molecule has 0 saturated heterocycles. The van der Waals surface area contributed by atoms with Crippen LogP contribution in [-0.4, -0.2) is 24.5 Å². The Morgan fingerprint density at radius 2 is 1.86 bits per heavy atom. The Morgan fingerprint density at radius 3 is 2.14 bits per heavy atom. The first kappa shape index (κ1) is 12.7. The molecule has 3 nitrogen and oxygen atoms in total. The first-order valence-electron chi connectivity index (χ1n) is 3.75. The Hall–Kier alpha value is -1.33. The number of rotatable bonds is 3. The van der Waals surface area contributed by atoms with Crippen molar-refractivity contribution in [1.82, 2.24) is 0 Å². The molecule has 0 amide bonds. The number of carbonyl (C=O) groups excluding carboxylic acids is 2. The minimum absolute atomic E-state index is 0.176. The van der Waals surface area contributed by atoms with E-state index < -0.39 is 23.5 Å². The Kier molecular flexibility index (Phi) is 4.33. The first-order chi connectivity index (χ1) is 6.29. The number of alkyl halides is 3. The van der Waals surface area contributed by atoms with Gasteiger partial charge < -0.3 is 4.74 Å². The van der Waals surface area contributed by atoms with E-state index >= 15 is 0 Å². The Balaban J connectivity index is 4.93. The van der Waals surface area contributed by atoms with Gasteiger partial charge in [-0.15, -0.1) is 0 Å². The van der Waals surface area contributed by atoms with Crippen LogP contribution in [0.4, 0.5) is 13.2 Å². The van der Waals surface area contributed by atoms with E-state index in [1.165, 1.54) is 6.92 Å². The summed E-state index contributed by atoms with van der Waals surface area (Å²) in [5.74, 6) is -2.39. The summed E-state index contributed by atoms with van der Waals surface area (Å²) in [5.41, 5.74) is -1.58. The lowest BCUT2D eigenvalue weighted by molar-refractivity contribution is -0.150. The quantitative estimate of drug-likeness (QED) is 0.525. The highest BCUT2D eigenvalue weighted by Crippen LogP contribution is 2.26. The zero-order valence-electron chi connectivity index (χ0n) is 7.64. The van der Waals surface area contributed by atoms with Crippen LogP contribution in [0.3, 0.4) is 0 Å². The normalized spacial score (nSPS) is 12.5. The molecule has 14 heavy (non-hydrogen) atoms. The molecule has 0 fully saturated rings. The molecule has 6 heteroatoms. The van der Waals surface area contributed by atoms with E-state index in [1.807, 2.05) is 0 Å². The molecule has 0 atom stereocenters. The van der Waals surface area contributed by atoms with Crippen LogP contribution < -0.4 is 0 Å². The summed E-state index contributed by atoms with van der Waals surface area (Å²) in [6.07, 6.45) is -4.64. The van der Waals surface area contributed by atoms with Gasteiger partial charge in [0.25, 0.3) is 0 Å². The lowest BCUT2D eigenvalue weighted by atomic mass is 10.2. The monoisotopic (exact) mass is 210 g/mol. The van der Waals surface area contributed by atoms with Crippen molar-refractivity contribution >= 4 is 11.8 Å². The van der Waals surface area contributed by atoms with Crippen molar-refractivity contribution in [1.29, 1.82) is 0 Å². The fourth-order valence-corrected chi connectivity index (χ4v) is 0.669. The fourth-order valence-electron chi connectivity index (χ4n) is 0.669. The van der Waals surface area contributed by atoms with E-state index in [0.717, 1.165) is 6.92 Å². The Labute approximate surface area is 78.5 Å². The van der Waals surface area contributed by atoms with Crippen LogP contribution in [0, 0.1) is 0 Å². The second kappa shape index (κ2) is 4.78. The summed E-state index contributed by atoms with van der Waals surface area (Å²) in [5, 5.41) is 0. The Morgan fingerprint density at radius 1 is 1.36 bits per heavy atom. The lowest BCUT2D eigenvalue weighted by Gasteiger charge is -2.09. The summed E-state index contributed by atoms with van der Waals surface area (Å²) in [7, 11) is 0. The molecule has 0 heterocycles. The van der Waals surface area contributed by atoms with E-state index in [1.54, 1.807) is 0 Å². The SMILES string of the molecule is CCOC(=O)/C(=C\C(C)=O)C(F)(F)F. The van der Waals surface area contributed by atoms with Crippen molar-refractivity contribution in [2.24, 2.45) is 0 Å². The van der Waals surface area contributed by atoms with E-state index in [4.69, 9.17) is 0 Å². The zero-order chi connectivity index (χ0) is 11.4. The van der Waals surface area contributed by atoms with E-state index in [9.17, 15) is 22.8 Å². The van der Waals surface area contributed by atoms with Gasteiger partial charge in [-0.05, 0) is 13.8 Å². The zero-order valence-corrected chi connectivity index (χ0v) is 7.64. The summed E-state index contributed by atoms with van der Waals surface area (Å²) in [6.45, 7) is 2.12. The minimum atomic E-state index is -4.86. The van der Waals surface area contributed by atoms with Crippen LogP contribution in [0.2, 0.25) is 0 Å². The number of hydrogen-bond donors (Lipinski definition) is 0. The second-order valence-corrected chi connectivity index (χ2v) is 2.39. The van der Waals surface area contributed by atoms with Crippen molar-refractivity contribution in [3.8, 4) is 0 Å². The van der Waals surface area contributed by atoms with Crippen molar-refractivity contribution < 1.29 is 27.5 Å². The molecule has 0 saturated carbocycles. The van der Waals surface area contributed by atoms with Crippen LogP contribution >= 0.6 is 0 Å². The number of carbonyl (C=O) groups is 2. The molecule has 0 aliphatic carbocycles. The van der Waals surface area contributed by atoms with Crippen molar-refractivity contribution in [2.75, 3.05) is 6.61 Å². The molecule has 0 rings (SSSR count). The minimum Gasteiger partial charge on any atom is -0.462 e. The summed E-state index contributed by atoms with van der Waals surface area (Å²) in [4.78, 5) is 21.2. The van der Waals surface area contributed by atoms with Crippen LogP contribution in [-0.2, 0) is 14.3 Å². The third kappa shape index (κ3) is 4.06. The number of hydrogen-bond acceptors (Lipinski definition) is 3. The molecule has 0 radical (unpaired) electrons. The molecule has 0 spiro atoms. The van der Waals surface area contributed by atoms with Gasteiger partial charge in [-0.2, -0.15) is 13.2 Å². The standard InChI is InChI=1S/C8H9F3O3/c1-3-14-7(13)6(4-5(2)12)8(9,10)11/h4H,3H2,1-2H3/b6-4+. The second-order valence-electron chi connectivity index (χ2n) is 2.39. The van der Waals surface area contributed by atoms with Gasteiger partial charge in [0.1, 0.15) is 5.57 Å². The summed E-state index contributed by atoms with van der Waals surface area (Å²) < 4.78 is 40.6. The number of allylic oxidation sites excluding steroid dienone is 1. The molecule has 0 aliphatic heterocycles. The number of ketones is 1. The van der Waals surface area contributed by atoms with Gasteiger partial charge in [-0.25, -0.2) is 4.79 Å². The number of halogens is 3. The van der Waals surface area contributed by atoms with Gasteiger partial charge in [0.05, 0.1) is 6.61 Å². The van der Waals surface area contributed by atoms with Crippen LogP contribution in [0.25, 0.3) is 0 Å². The molecule has 0 unspecified atom stereocenters. The smallest absolute Gasteiger partial charge is 0.423 e. The lowest BCUT2D eigenvalue weighted by Crippen LogP contribution is -2.23.